The lowest BCUT2D eigenvalue weighted by molar-refractivity contribution is -0.137. The summed E-state index contributed by atoms with van der Waals surface area (Å²) < 4.78 is 2.02. The van der Waals surface area contributed by atoms with Crippen LogP contribution in [0.2, 0.25) is 0 Å². The number of aromatic nitrogens is 2. The van der Waals surface area contributed by atoms with Crippen molar-refractivity contribution in [3.63, 3.8) is 0 Å². The molecule has 1 unspecified atom stereocenters. The lowest BCUT2D eigenvalue weighted by Gasteiger charge is -2.32. The average molecular weight is 332 g/mol. The van der Waals surface area contributed by atoms with E-state index in [9.17, 15) is 9.59 Å². The van der Waals surface area contributed by atoms with Crippen LogP contribution in [0.4, 0.5) is 0 Å². The third-order valence-electron chi connectivity index (χ3n) is 5.36. The smallest absolute Gasteiger partial charge is 0.274 e. The molecule has 1 atom stereocenters. The van der Waals surface area contributed by atoms with Crippen LogP contribution in [0.15, 0.2) is 6.33 Å². The number of rotatable bonds is 4. The third kappa shape index (κ3) is 3.19. The topological polar surface area (TPSA) is 58.4 Å². The normalized spacial score (nSPS) is 20.6. The highest BCUT2D eigenvalue weighted by atomic mass is 16.2. The van der Waals surface area contributed by atoms with Crippen molar-refractivity contribution in [2.45, 2.75) is 52.5 Å². The number of carbonyl (C=O) groups excluding carboxylic acids is 2. The van der Waals surface area contributed by atoms with Gasteiger partial charge in [-0.2, -0.15) is 0 Å². The van der Waals surface area contributed by atoms with Gasteiger partial charge in [-0.25, -0.2) is 4.98 Å². The van der Waals surface area contributed by atoms with Gasteiger partial charge in [0.2, 0.25) is 5.91 Å². The second-order valence-electron chi connectivity index (χ2n) is 6.79. The van der Waals surface area contributed by atoms with Crippen molar-refractivity contribution in [3.8, 4) is 0 Å². The Bertz CT molecular complexity index is 600. The van der Waals surface area contributed by atoms with Gasteiger partial charge in [-0.3, -0.25) is 9.59 Å². The maximum Gasteiger partial charge on any atom is 0.274 e. The molecule has 0 aromatic carbocycles. The molecule has 0 aliphatic carbocycles. The standard InChI is InChI=1S/C18H28N4O2/c1-3-20(4-2)18(24)16-15-9-8-14(12-22(15)13-19-16)17(23)21-10-6-5-7-11-21/h13-14H,3-12H2,1-2H3. The number of piperidine rings is 1. The molecule has 6 heteroatoms. The molecule has 24 heavy (non-hydrogen) atoms. The summed E-state index contributed by atoms with van der Waals surface area (Å²) in [5, 5.41) is 0. The minimum atomic E-state index is 0.00885. The fourth-order valence-electron chi connectivity index (χ4n) is 3.88. The summed E-state index contributed by atoms with van der Waals surface area (Å²) in [6.07, 6.45) is 6.79. The first-order valence-corrected chi connectivity index (χ1v) is 9.27. The van der Waals surface area contributed by atoms with Crippen molar-refractivity contribution < 1.29 is 9.59 Å². The predicted octanol–water partition coefficient (Wildman–Crippen LogP) is 1.94. The van der Waals surface area contributed by atoms with Gasteiger partial charge >= 0.3 is 0 Å². The van der Waals surface area contributed by atoms with Crippen LogP contribution >= 0.6 is 0 Å². The molecular weight excluding hydrogens is 304 g/mol. The molecule has 6 nitrogen and oxygen atoms in total. The molecule has 2 aliphatic rings. The number of fused-ring (bicyclic) bond motifs is 1. The van der Waals surface area contributed by atoms with E-state index in [4.69, 9.17) is 0 Å². The molecule has 3 heterocycles. The monoisotopic (exact) mass is 332 g/mol. The molecule has 1 aromatic rings. The largest absolute Gasteiger partial charge is 0.342 e. The Morgan fingerprint density at radius 3 is 2.58 bits per heavy atom. The zero-order chi connectivity index (χ0) is 17.1. The number of likely N-dealkylation sites (tertiary alicyclic amines) is 1. The Hall–Kier alpha value is -1.85. The fraction of sp³-hybridized carbons (Fsp3) is 0.722. The fourth-order valence-corrected chi connectivity index (χ4v) is 3.88. The Morgan fingerprint density at radius 2 is 1.92 bits per heavy atom. The first-order chi connectivity index (χ1) is 11.7. The van der Waals surface area contributed by atoms with Crippen LogP contribution < -0.4 is 0 Å². The maximum absolute atomic E-state index is 12.7. The highest BCUT2D eigenvalue weighted by Gasteiger charge is 2.32. The Kier molecular flexibility index (Phi) is 5.21. The minimum Gasteiger partial charge on any atom is -0.342 e. The summed E-state index contributed by atoms with van der Waals surface area (Å²) in [7, 11) is 0. The molecule has 3 rings (SSSR count). The van der Waals surface area contributed by atoms with Gasteiger partial charge in [0.1, 0.15) is 5.69 Å². The molecule has 1 aromatic heterocycles. The molecule has 2 aliphatic heterocycles. The molecule has 0 bridgehead atoms. The molecule has 1 fully saturated rings. The molecule has 2 amide bonds. The first-order valence-electron chi connectivity index (χ1n) is 9.27. The van der Waals surface area contributed by atoms with Gasteiger partial charge in [0.25, 0.3) is 5.91 Å². The van der Waals surface area contributed by atoms with Crippen molar-refractivity contribution in [2.24, 2.45) is 5.92 Å². The summed E-state index contributed by atoms with van der Waals surface area (Å²) in [5.41, 5.74) is 1.57. The zero-order valence-corrected chi connectivity index (χ0v) is 14.8. The molecular formula is C18H28N4O2. The lowest BCUT2D eigenvalue weighted by Crippen LogP contribution is -2.42. The quantitative estimate of drug-likeness (QED) is 0.847. The number of carbonyl (C=O) groups is 2. The van der Waals surface area contributed by atoms with E-state index in [1.54, 1.807) is 11.2 Å². The summed E-state index contributed by atoms with van der Waals surface area (Å²) in [5.74, 6) is 0.321. The summed E-state index contributed by atoms with van der Waals surface area (Å²) in [6, 6.07) is 0. The van der Waals surface area contributed by atoms with Crippen molar-refractivity contribution in [1.82, 2.24) is 19.4 Å². The van der Waals surface area contributed by atoms with Crippen molar-refractivity contribution in [2.75, 3.05) is 26.2 Å². The van der Waals surface area contributed by atoms with E-state index < -0.39 is 0 Å². The van der Waals surface area contributed by atoms with Gasteiger partial charge in [0.15, 0.2) is 0 Å². The van der Waals surface area contributed by atoms with Gasteiger partial charge in [0, 0.05) is 32.7 Å². The number of amides is 2. The predicted molar refractivity (Wildman–Crippen MR) is 91.7 cm³/mol. The molecule has 132 valence electrons. The maximum atomic E-state index is 12.7. The molecule has 0 spiro atoms. The summed E-state index contributed by atoms with van der Waals surface area (Å²) in [6.45, 7) is 7.81. The van der Waals surface area contributed by atoms with E-state index in [1.807, 2.05) is 23.3 Å². The van der Waals surface area contributed by atoms with Crippen LogP contribution in [0.3, 0.4) is 0 Å². The number of hydrogen-bond donors (Lipinski definition) is 0. The number of hydrogen-bond acceptors (Lipinski definition) is 3. The van der Waals surface area contributed by atoms with Gasteiger partial charge in [-0.1, -0.05) is 0 Å². The van der Waals surface area contributed by atoms with Crippen molar-refractivity contribution >= 4 is 11.8 Å². The minimum absolute atomic E-state index is 0.00885. The second kappa shape index (κ2) is 7.36. The molecule has 1 saturated heterocycles. The van der Waals surface area contributed by atoms with E-state index >= 15 is 0 Å². The Labute approximate surface area is 143 Å². The van der Waals surface area contributed by atoms with Gasteiger partial charge in [-0.05, 0) is 46.0 Å². The van der Waals surface area contributed by atoms with Crippen LogP contribution in [0.5, 0.6) is 0 Å². The SMILES string of the molecule is CCN(CC)C(=O)c1ncn2c1CCC(C(=O)N1CCCCC1)C2. The highest BCUT2D eigenvalue weighted by molar-refractivity contribution is 5.93. The molecule has 0 radical (unpaired) electrons. The first kappa shape index (κ1) is 17.0. The van der Waals surface area contributed by atoms with Crippen molar-refractivity contribution in [1.29, 1.82) is 0 Å². The van der Waals surface area contributed by atoms with Crippen LogP contribution in [-0.4, -0.2) is 57.3 Å². The van der Waals surface area contributed by atoms with E-state index in [0.717, 1.165) is 44.5 Å². The second-order valence-corrected chi connectivity index (χ2v) is 6.79. The van der Waals surface area contributed by atoms with E-state index in [-0.39, 0.29) is 17.7 Å². The van der Waals surface area contributed by atoms with Crippen LogP contribution in [0.1, 0.15) is 55.7 Å². The Morgan fingerprint density at radius 1 is 1.21 bits per heavy atom. The van der Waals surface area contributed by atoms with Gasteiger partial charge in [0.05, 0.1) is 17.9 Å². The van der Waals surface area contributed by atoms with Crippen LogP contribution in [-0.2, 0) is 17.8 Å². The average Bonchev–Trinajstić information content (AvgIpc) is 3.06. The lowest BCUT2D eigenvalue weighted by atomic mass is 9.94. The summed E-state index contributed by atoms with van der Waals surface area (Å²) in [4.78, 5) is 33.5. The van der Waals surface area contributed by atoms with E-state index in [0.29, 0.717) is 25.3 Å². The Balaban J connectivity index is 1.71. The number of nitrogens with zero attached hydrogens (tertiary/aromatic N) is 4. The van der Waals surface area contributed by atoms with Crippen molar-refractivity contribution in [3.05, 3.63) is 17.7 Å². The zero-order valence-electron chi connectivity index (χ0n) is 14.8. The molecule has 0 N–H and O–H groups in total. The van der Waals surface area contributed by atoms with Gasteiger partial charge < -0.3 is 14.4 Å². The molecule has 0 saturated carbocycles. The highest BCUT2D eigenvalue weighted by Crippen LogP contribution is 2.25. The third-order valence-corrected chi connectivity index (χ3v) is 5.36. The van der Waals surface area contributed by atoms with E-state index in [2.05, 4.69) is 4.98 Å². The summed E-state index contributed by atoms with van der Waals surface area (Å²) >= 11 is 0. The van der Waals surface area contributed by atoms with Crippen LogP contribution in [0, 0.1) is 5.92 Å². The van der Waals surface area contributed by atoms with Gasteiger partial charge in [-0.15, -0.1) is 0 Å². The number of imidazole rings is 1. The van der Waals surface area contributed by atoms with E-state index in [1.165, 1.54) is 6.42 Å². The van der Waals surface area contributed by atoms with Crippen LogP contribution in [0.25, 0.3) is 0 Å².